The minimum Gasteiger partial charge on any atom is -0.329 e. The van der Waals surface area contributed by atoms with E-state index in [-0.39, 0.29) is 11.9 Å². The van der Waals surface area contributed by atoms with E-state index < -0.39 is 0 Å². The van der Waals surface area contributed by atoms with Crippen molar-refractivity contribution in [3.63, 3.8) is 0 Å². The molecule has 0 heterocycles. The number of aryl methyl sites for hydroxylation is 1. The summed E-state index contributed by atoms with van der Waals surface area (Å²) < 4.78 is 13.2. The molecule has 1 aromatic rings. The Labute approximate surface area is 97.0 Å². The molecule has 2 nitrogen and oxygen atoms in total. The van der Waals surface area contributed by atoms with Crippen LogP contribution in [0.15, 0.2) is 18.2 Å². The molecule has 0 saturated heterocycles. The molecule has 0 spiro atoms. The van der Waals surface area contributed by atoms with E-state index in [1.807, 2.05) is 6.92 Å². The monoisotopic (exact) mass is 224 g/mol. The van der Waals surface area contributed by atoms with Gasteiger partial charge in [-0.25, -0.2) is 4.39 Å². The second kappa shape index (κ2) is 5.97. The van der Waals surface area contributed by atoms with Gasteiger partial charge in [-0.1, -0.05) is 13.0 Å². The van der Waals surface area contributed by atoms with Crippen molar-refractivity contribution in [2.24, 2.45) is 5.73 Å². The van der Waals surface area contributed by atoms with Crippen molar-refractivity contribution in [1.82, 2.24) is 5.32 Å². The first-order valence-corrected chi connectivity index (χ1v) is 5.80. The van der Waals surface area contributed by atoms with Gasteiger partial charge in [-0.2, -0.15) is 0 Å². The van der Waals surface area contributed by atoms with E-state index in [1.165, 1.54) is 6.07 Å². The highest BCUT2D eigenvalue weighted by Crippen LogP contribution is 2.19. The summed E-state index contributed by atoms with van der Waals surface area (Å²) in [6, 6.07) is 5.27. The standard InChI is InChI=1S/C13H21FN2/c1-4-10(3)16-13(8-15)12-7-11(14)6-5-9(12)2/h5-7,10,13,16H,4,8,15H2,1-3H3. The highest BCUT2D eigenvalue weighted by Gasteiger charge is 2.14. The lowest BCUT2D eigenvalue weighted by Crippen LogP contribution is -2.35. The Morgan fingerprint density at radius 2 is 2.12 bits per heavy atom. The minimum atomic E-state index is -0.204. The molecule has 1 rings (SSSR count). The highest BCUT2D eigenvalue weighted by atomic mass is 19.1. The zero-order chi connectivity index (χ0) is 12.1. The number of nitrogens with two attached hydrogens (primary N) is 1. The predicted molar refractivity (Wildman–Crippen MR) is 65.8 cm³/mol. The molecule has 16 heavy (non-hydrogen) atoms. The smallest absolute Gasteiger partial charge is 0.123 e. The SMILES string of the molecule is CCC(C)NC(CN)c1cc(F)ccc1C. The van der Waals surface area contributed by atoms with Crippen LogP contribution in [0.3, 0.4) is 0 Å². The van der Waals surface area contributed by atoms with Crippen LogP contribution in [0.25, 0.3) is 0 Å². The lowest BCUT2D eigenvalue weighted by atomic mass is 10.00. The van der Waals surface area contributed by atoms with Crippen LogP contribution in [-0.4, -0.2) is 12.6 Å². The Morgan fingerprint density at radius 1 is 1.44 bits per heavy atom. The number of hydrogen-bond acceptors (Lipinski definition) is 2. The maximum atomic E-state index is 13.2. The van der Waals surface area contributed by atoms with Crippen molar-refractivity contribution in [1.29, 1.82) is 0 Å². The molecule has 0 fully saturated rings. The van der Waals surface area contributed by atoms with Crippen molar-refractivity contribution < 1.29 is 4.39 Å². The van der Waals surface area contributed by atoms with Crippen LogP contribution in [0, 0.1) is 12.7 Å². The summed E-state index contributed by atoms with van der Waals surface area (Å²) in [5, 5.41) is 3.41. The lowest BCUT2D eigenvalue weighted by Gasteiger charge is -2.23. The maximum Gasteiger partial charge on any atom is 0.123 e. The number of benzene rings is 1. The first-order valence-electron chi connectivity index (χ1n) is 5.80. The van der Waals surface area contributed by atoms with Crippen LogP contribution in [0.4, 0.5) is 4.39 Å². The second-order valence-corrected chi connectivity index (χ2v) is 4.27. The van der Waals surface area contributed by atoms with Crippen molar-refractivity contribution in [2.75, 3.05) is 6.54 Å². The van der Waals surface area contributed by atoms with Crippen LogP contribution in [-0.2, 0) is 0 Å². The van der Waals surface area contributed by atoms with Gasteiger partial charge < -0.3 is 11.1 Å². The molecule has 0 amide bonds. The quantitative estimate of drug-likeness (QED) is 0.806. The number of halogens is 1. The molecule has 90 valence electrons. The zero-order valence-corrected chi connectivity index (χ0v) is 10.3. The van der Waals surface area contributed by atoms with Crippen molar-refractivity contribution in [2.45, 2.75) is 39.3 Å². The summed E-state index contributed by atoms with van der Waals surface area (Å²) in [6.45, 7) is 6.69. The molecule has 3 N–H and O–H groups in total. The molecule has 0 aliphatic carbocycles. The van der Waals surface area contributed by atoms with Crippen LogP contribution in [0.5, 0.6) is 0 Å². The number of hydrogen-bond donors (Lipinski definition) is 2. The number of rotatable bonds is 5. The Kier molecular flexibility index (Phi) is 4.90. The average molecular weight is 224 g/mol. The molecule has 1 aromatic carbocycles. The van der Waals surface area contributed by atoms with Gasteiger partial charge in [0, 0.05) is 18.6 Å². The van der Waals surface area contributed by atoms with Crippen LogP contribution in [0.1, 0.15) is 37.4 Å². The fraction of sp³-hybridized carbons (Fsp3) is 0.538. The molecule has 2 atom stereocenters. The summed E-state index contributed by atoms with van der Waals surface area (Å²) in [4.78, 5) is 0. The average Bonchev–Trinajstić information content (AvgIpc) is 2.29. The van der Waals surface area contributed by atoms with Crippen molar-refractivity contribution >= 4 is 0 Å². The molecular weight excluding hydrogens is 203 g/mol. The second-order valence-electron chi connectivity index (χ2n) is 4.27. The molecule has 0 aliphatic heterocycles. The Balaban J connectivity index is 2.89. The van der Waals surface area contributed by atoms with Gasteiger partial charge in [0.25, 0.3) is 0 Å². The first-order chi connectivity index (χ1) is 7.58. The third kappa shape index (κ3) is 3.29. The van der Waals surface area contributed by atoms with Gasteiger partial charge in [0.2, 0.25) is 0 Å². The van der Waals surface area contributed by atoms with Gasteiger partial charge in [0.05, 0.1) is 0 Å². The van der Waals surface area contributed by atoms with Crippen LogP contribution in [0.2, 0.25) is 0 Å². The summed E-state index contributed by atoms with van der Waals surface area (Å²) in [5.41, 5.74) is 7.78. The van der Waals surface area contributed by atoms with Crippen molar-refractivity contribution in [3.8, 4) is 0 Å². The molecular formula is C13H21FN2. The molecule has 0 aliphatic rings. The fourth-order valence-corrected chi connectivity index (χ4v) is 1.73. The topological polar surface area (TPSA) is 38.0 Å². The normalized spacial score (nSPS) is 14.8. The van der Waals surface area contributed by atoms with Gasteiger partial charge >= 0.3 is 0 Å². The van der Waals surface area contributed by atoms with Gasteiger partial charge in [0.15, 0.2) is 0 Å². The van der Waals surface area contributed by atoms with E-state index in [2.05, 4.69) is 19.2 Å². The highest BCUT2D eigenvalue weighted by molar-refractivity contribution is 5.29. The summed E-state index contributed by atoms with van der Waals surface area (Å²) in [7, 11) is 0. The fourth-order valence-electron chi connectivity index (χ4n) is 1.73. The molecule has 0 aromatic heterocycles. The molecule has 3 heteroatoms. The van der Waals surface area contributed by atoms with Crippen molar-refractivity contribution in [3.05, 3.63) is 35.1 Å². The molecule has 0 bridgehead atoms. The molecule has 0 saturated carbocycles. The summed E-state index contributed by atoms with van der Waals surface area (Å²) in [6.07, 6.45) is 1.03. The largest absolute Gasteiger partial charge is 0.329 e. The van der Waals surface area contributed by atoms with Crippen LogP contribution >= 0.6 is 0 Å². The van der Waals surface area contributed by atoms with E-state index in [9.17, 15) is 4.39 Å². The molecule has 2 unspecified atom stereocenters. The van der Waals surface area contributed by atoms with E-state index in [0.29, 0.717) is 12.6 Å². The lowest BCUT2D eigenvalue weighted by molar-refractivity contribution is 0.449. The Bertz CT molecular complexity index is 339. The predicted octanol–water partition coefficient (Wildman–Crippen LogP) is 2.52. The van der Waals surface area contributed by atoms with Gasteiger partial charge in [0.1, 0.15) is 5.82 Å². The first kappa shape index (κ1) is 13.1. The van der Waals surface area contributed by atoms with Gasteiger partial charge in [-0.3, -0.25) is 0 Å². The summed E-state index contributed by atoms with van der Waals surface area (Å²) in [5.74, 6) is -0.204. The van der Waals surface area contributed by atoms with E-state index in [1.54, 1.807) is 12.1 Å². The van der Waals surface area contributed by atoms with Gasteiger partial charge in [-0.15, -0.1) is 0 Å². The number of nitrogens with one attached hydrogen (secondary N) is 1. The maximum absolute atomic E-state index is 13.2. The third-order valence-electron chi connectivity index (χ3n) is 2.95. The zero-order valence-electron chi connectivity index (χ0n) is 10.3. The molecule has 0 radical (unpaired) electrons. The van der Waals surface area contributed by atoms with E-state index in [4.69, 9.17) is 5.73 Å². The minimum absolute atomic E-state index is 0.0330. The Morgan fingerprint density at radius 3 is 2.69 bits per heavy atom. The van der Waals surface area contributed by atoms with Gasteiger partial charge in [-0.05, 0) is 43.5 Å². The van der Waals surface area contributed by atoms with E-state index in [0.717, 1.165) is 17.5 Å². The van der Waals surface area contributed by atoms with Crippen LogP contribution < -0.4 is 11.1 Å². The third-order valence-corrected chi connectivity index (χ3v) is 2.95. The van der Waals surface area contributed by atoms with E-state index >= 15 is 0 Å². The summed E-state index contributed by atoms with van der Waals surface area (Å²) >= 11 is 0. The Hall–Kier alpha value is -0.930.